The lowest BCUT2D eigenvalue weighted by atomic mass is 10.2. The molecule has 0 radical (unpaired) electrons. The fraction of sp³-hybridized carbons (Fsp3) is 0.0870. The second-order valence-electron chi connectivity index (χ2n) is 7.08. The smallest absolute Gasteiger partial charge is 0.228 e. The molecule has 0 saturated carbocycles. The van der Waals surface area contributed by atoms with Gasteiger partial charge in [-0.2, -0.15) is 0 Å². The van der Waals surface area contributed by atoms with Crippen LogP contribution in [-0.4, -0.2) is 22.5 Å². The maximum Gasteiger partial charge on any atom is 0.228 e. The van der Waals surface area contributed by atoms with Crippen LogP contribution >= 0.6 is 0 Å². The summed E-state index contributed by atoms with van der Waals surface area (Å²) in [4.78, 5) is 3.18. The predicted molar refractivity (Wildman–Crippen MR) is 115 cm³/mol. The van der Waals surface area contributed by atoms with E-state index in [0.29, 0.717) is 5.75 Å². The van der Waals surface area contributed by atoms with Gasteiger partial charge in [0, 0.05) is 18.4 Å². The molecule has 3 aromatic carbocycles. The zero-order valence-electron chi connectivity index (χ0n) is 16.5. The van der Waals surface area contributed by atoms with Crippen molar-refractivity contribution < 1.29 is 23.1 Å². The zero-order valence-corrected chi connectivity index (χ0v) is 17.3. The Morgan fingerprint density at radius 1 is 0.867 bits per heavy atom. The van der Waals surface area contributed by atoms with Crippen LogP contribution in [-0.2, 0) is 10.1 Å². The van der Waals surface area contributed by atoms with Crippen molar-refractivity contribution >= 4 is 37.6 Å². The Balaban J connectivity index is 0.000000170. The van der Waals surface area contributed by atoms with Crippen molar-refractivity contribution in [1.82, 2.24) is 4.40 Å². The van der Waals surface area contributed by atoms with E-state index in [-0.39, 0.29) is 4.90 Å². The third-order valence-electron chi connectivity index (χ3n) is 4.98. The summed E-state index contributed by atoms with van der Waals surface area (Å²) in [6.45, 7) is 3.81. The fourth-order valence-electron chi connectivity index (χ4n) is 3.56. The minimum absolute atomic E-state index is 0.178. The van der Waals surface area contributed by atoms with Crippen molar-refractivity contribution in [1.29, 1.82) is 0 Å². The lowest BCUT2D eigenvalue weighted by Crippen LogP contribution is -2.11. The number of aromatic amines is 1. The van der Waals surface area contributed by atoms with Gasteiger partial charge < -0.3 is 9.66 Å². The van der Waals surface area contributed by atoms with Crippen molar-refractivity contribution in [2.45, 2.75) is 18.7 Å². The first-order valence-electron chi connectivity index (χ1n) is 9.32. The van der Waals surface area contributed by atoms with Crippen LogP contribution in [0.5, 0.6) is 5.75 Å². The number of fused-ring (bicyclic) bond motifs is 5. The molecule has 0 aliphatic heterocycles. The van der Waals surface area contributed by atoms with Crippen LogP contribution in [0.3, 0.4) is 0 Å². The summed E-state index contributed by atoms with van der Waals surface area (Å²) < 4.78 is 33.3. The van der Waals surface area contributed by atoms with Crippen LogP contribution in [0.25, 0.3) is 27.5 Å². The van der Waals surface area contributed by atoms with E-state index in [0.717, 1.165) is 38.7 Å². The van der Waals surface area contributed by atoms with E-state index >= 15 is 0 Å². The van der Waals surface area contributed by atoms with E-state index in [1.165, 1.54) is 12.1 Å². The van der Waals surface area contributed by atoms with Crippen LogP contribution in [0.2, 0.25) is 0 Å². The Labute approximate surface area is 173 Å². The molecular formula is C23H20N2O4S. The lowest BCUT2D eigenvalue weighted by molar-refractivity contribution is -0.353. The summed E-state index contributed by atoms with van der Waals surface area (Å²) >= 11 is 0. The molecule has 0 fully saturated rings. The van der Waals surface area contributed by atoms with E-state index in [4.69, 9.17) is 0 Å². The molecule has 0 amide bonds. The van der Waals surface area contributed by atoms with Crippen LogP contribution in [0.4, 0.5) is 0 Å². The Bertz CT molecular complexity index is 1490. The van der Waals surface area contributed by atoms with Gasteiger partial charge in [-0.3, -0.25) is 4.40 Å². The Morgan fingerprint density at radius 3 is 2.13 bits per heavy atom. The van der Waals surface area contributed by atoms with Gasteiger partial charge in [-0.05, 0) is 37.3 Å². The maximum atomic E-state index is 10.4. The minimum atomic E-state index is -4.27. The molecule has 6 nitrogen and oxygen atoms in total. The molecule has 0 saturated heterocycles. The number of hydrogen-bond donors (Lipinski definition) is 1. The van der Waals surface area contributed by atoms with Crippen LogP contribution < -0.4 is 4.98 Å². The van der Waals surface area contributed by atoms with E-state index in [1.807, 2.05) is 56.3 Å². The molecule has 5 rings (SSSR count). The Hall–Kier alpha value is -3.42. The second kappa shape index (κ2) is 7.44. The third kappa shape index (κ3) is 3.49. The van der Waals surface area contributed by atoms with Crippen molar-refractivity contribution in [3.63, 3.8) is 0 Å². The third-order valence-corrected chi connectivity index (χ3v) is 5.83. The lowest BCUT2D eigenvalue weighted by Gasteiger charge is -2.05. The predicted octanol–water partition coefficient (Wildman–Crippen LogP) is 3.97. The highest BCUT2D eigenvalue weighted by molar-refractivity contribution is 7.85. The van der Waals surface area contributed by atoms with E-state index in [2.05, 4.69) is 15.5 Å². The van der Waals surface area contributed by atoms with Gasteiger partial charge in [0.25, 0.3) is 0 Å². The first-order valence-corrected chi connectivity index (χ1v) is 10.7. The molecule has 0 atom stereocenters. The molecule has 5 aromatic rings. The quantitative estimate of drug-likeness (QED) is 0.415. The monoisotopic (exact) mass is 420 g/mol. The van der Waals surface area contributed by atoms with Gasteiger partial charge in [0.2, 0.25) is 11.2 Å². The van der Waals surface area contributed by atoms with Crippen molar-refractivity contribution in [2.75, 3.05) is 0 Å². The SMILES string of the molecule is Cc1[nH+]c2ccccc2n2c1c(O)c1ccccc12.Cc1ccc(S(=O)(=O)[O-])cc1. The highest BCUT2D eigenvalue weighted by atomic mass is 32.2. The average Bonchev–Trinajstić information content (AvgIpc) is 3.02. The van der Waals surface area contributed by atoms with Gasteiger partial charge in [-0.1, -0.05) is 42.0 Å². The minimum Gasteiger partial charge on any atom is -0.744 e. The second-order valence-corrected chi connectivity index (χ2v) is 8.46. The molecule has 2 aromatic heterocycles. The molecule has 0 unspecified atom stereocenters. The van der Waals surface area contributed by atoms with Crippen molar-refractivity contribution in [3.8, 4) is 5.75 Å². The molecule has 0 spiro atoms. The average molecular weight is 420 g/mol. The number of benzene rings is 3. The zero-order chi connectivity index (χ0) is 21.5. The van der Waals surface area contributed by atoms with Gasteiger partial charge in [0.15, 0.2) is 11.3 Å². The van der Waals surface area contributed by atoms with Crippen LogP contribution in [0, 0.1) is 13.8 Å². The number of aryl methyl sites for hydroxylation is 2. The molecule has 0 aliphatic rings. The molecule has 0 aliphatic carbocycles. The van der Waals surface area contributed by atoms with Crippen molar-refractivity contribution in [2.24, 2.45) is 0 Å². The molecule has 152 valence electrons. The number of nitrogens with zero attached hydrogens (tertiary/aromatic N) is 1. The summed E-state index contributed by atoms with van der Waals surface area (Å²) in [6.07, 6.45) is 0. The van der Waals surface area contributed by atoms with Gasteiger partial charge in [-0.15, -0.1) is 0 Å². The first-order chi connectivity index (χ1) is 14.3. The molecule has 2 N–H and O–H groups in total. The standard InChI is InChI=1S/C16H12N2O.C7H8O3S/c1-10-15-16(19)11-6-2-4-8-13(11)18(15)14-9-5-3-7-12(14)17-10;1-6-2-4-7(5-3-6)11(8,9)10/h2-9,19H,1H3;2-5H,1H3,(H,8,9,10). The molecular weight excluding hydrogens is 400 g/mol. The van der Waals surface area contributed by atoms with Gasteiger partial charge in [-0.25, -0.2) is 13.4 Å². The molecule has 0 bridgehead atoms. The molecule has 30 heavy (non-hydrogen) atoms. The van der Waals surface area contributed by atoms with E-state index in [1.54, 1.807) is 12.1 Å². The number of H-pyrrole nitrogens is 1. The number of hydrogen-bond acceptors (Lipinski definition) is 4. The molecule has 7 heteroatoms. The van der Waals surface area contributed by atoms with Crippen molar-refractivity contribution in [3.05, 3.63) is 84.1 Å². The summed E-state index contributed by atoms with van der Waals surface area (Å²) in [5.41, 5.74) is 5.90. The molecule has 2 heterocycles. The number of aromatic hydroxyl groups is 1. The maximum absolute atomic E-state index is 10.4. The largest absolute Gasteiger partial charge is 0.744 e. The van der Waals surface area contributed by atoms with Gasteiger partial charge in [0.05, 0.1) is 10.4 Å². The highest BCUT2D eigenvalue weighted by Gasteiger charge is 2.19. The fourth-order valence-corrected chi connectivity index (χ4v) is 4.03. The van der Waals surface area contributed by atoms with Gasteiger partial charge >= 0.3 is 0 Å². The number of rotatable bonds is 1. The van der Waals surface area contributed by atoms with Crippen LogP contribution in [0.15, 0.2) is 77.7 Å². The van der Waals surface area contributed by atoms with Gasteiger partial charge in [0.1, 0.15) is 15.6 Å². The number of nitrogens with one attached hydrogen (secondary N) is 1. The van der Waals surface area contributed by atoms with E-state index in [9.17, 15) is 18.1 Å². The Kier molecular flexibility index (Phi) is 4.93. The topological polar surface area (TPSA) is 96.0 Å². The summed E-state index contributed by atoms with van der Waals surface area (Å²) in [5.74, 6) is 0.343. The summed E-state index contributed by atoms with van der Waals surface area (Å²) in [7, 11) is -4.27. The first kappa shape index (κ1) is 19.9. The van der Waals surface area contributed by atoms with Crippen LogP contribution in [0.1, 0.15) is 11.3 Å². The number of para-hydroxylation sites is 3. The highest BCUT2D eigenvalue weighted by Crippen LogP contribution is 2.34. The van der Waals surface area contributed by atoms with E-state index < -0.39 is 10.1 Å². The normalized spacial score (nSPS) is 11.6. The Morgan fingerprint density at radius 2 is 1.47 bits per heavy atom. The number of aromatic nitrogens is 2. The summed E-state index contributed by atoms with van der Waals surface area (Å²) in [6, 6.07) is 21.8. The summed E-state index contributed by atoms with van der Waals surface area (Å²) in [5, 5.41) is 11.3.